The molecule has 1 rings (SSSR count). The Morgan fingerprint density at radius 3 is 2.08 bits per heavy atom. The molecule has 1 aromatic carbocycles. The topological polar surface area (TPSA) is 46.2 Å². The highest BCUT2D eigenvalue weighted by Crippen LogP contribution is 2.22. The second-order valence-electron chi connectivity index (χ2n) is 2.49. The first-order valence-corrected chi connectivity index (χ1v) is 5.04. The van der Waals surface area contributed by atoms with E-state index >= 15 is 0 Å². The molecule has 1 unspecified atom stereocenters. The molecule has 0 aliphatic rings. The van der Waals surface area contributed by atoms with Crippen LogP contribution >= 0.6 is 44.3 Å². The SMILES string of the molecule is Cl.NC(CO)c1cc(Br)cc(Br)c1. The van der Waals surface area contributed by atoms with E-state index in [-0.39, 0.29) is 25.1 Å². The first kappa shape index (κ1) is 13.4. The lowest BCUT2D eigenvalue weighted by Crippen LogP contribution is -2.14. The zero-order valence-electron chi connectivity index (χ0n) is 6.71. The highest BCUT2D eigenvalue weighted by atomic mass is 79.9. The van der Waals surface area contributed by atoms with Crippen molar-refractivity contribution >= 4 is 44.3 Å². The maximum atomic E-state index is 8.81. The van der Waals surface area contributed by atoms with Gasteiger partial charge >= 0.3 is 0 Å². The molecule has 13 heavy (non-hydrogen) atoms. The van der Waals surface area contributed by atoms with Gasteiger partial charge in [-0.15, -0.1) is 12.4 Å². The molecule has 1 aromatic rings. The Kier molecular flexibility index (Phi) is 6.16. The van der Waals surface area contributed by atoms with E-state index in [0.717, 1.165) is 14.5 Å². The molecular formula is C8H10Br2ClNO. The number of nitrogens with two attached hydrogens (primary N) is 1. The fourth-order valence-corrected chi connectivity index (χ4v) is 2.22. The third kappa shape index (κ3) is 3.95. The van der Waals surface area contributed by atoms with Crippen molar-refractivity contribution in [3.8, 4) is 0 Å². The molecule has 0 aliphatic heterocycles. The Labute approximate surface area is 100 Å². The van der Waals surface area contributed by atoms with Crippen LogP contribution in [-0.2, 0) is 0 Å². The quantitative estimate of drug-likeness (QED) is 0.875. The van der Waals surface area contributed by atoms with E-state index in [1.165, 1.54) is 0 Å². The maximum Gasteiger partial charge on any atom is 0.0624 e. The Morgan fingerprint density at radius 1 is 1.23 bits per heavy atom. The van der Waals surface area contributed by atoms with Gasteiger partial charge in [-0.05, 0) is 23.8 Å². The summed E-state index contributed by atoms with van der Waals surface area (Å²) in [5.41, 5.74) is 6.56. The van der Waals surface area contributed by atoms with Crippen LogP contribution in [0.2, 0.25) is 0 Å². The minimum atomic E-state index is -0.307. The summed E-state index contributed by atoms with van der Waals surface area (Å²) in [6.07, 6.45) is 0. The molecule has 0 radical (unpaired) electrons. The van der Waals surface area contributed by atoms with Crippen LogP contribution in [0.15, 0.2) is 27.1 Å². The fraction of sp³-hybridized carbons (Fsp3) is 0.250. The largest absolute Gasteiger partial charge is 0.394 e. The van der Waals surface area contributed by atoms with Crippen LogP contribution < -0.4 is 5.73 Å². The number of aliphatic hydroxyl groups is 1. The molecule has 0 fully saturated rings. The third-order valence-corrected chi connectivity index (χ3v) is 2.43. The van der Waals surface area contributed by atoms with Gasteiger partial charge in [0.05, 0.1) is 12.6 Å². The van der Waals surface area contributed by atoms with Crippen LogP contribution in [-0.4, -0.2) is 11.7 Å². The van der Waals surface area contributed by atoms with Crippen LogP contribution in [0.5, 0.6) is 0 Å². The van der Waals surface area contributed by atoms with Crippen molar-refractivity contribution in [2.75, 3.05) is 6.61 Å². The first-order valence-electron chi connectivity index (χ1n) is 3.46. The number of benzene rings is 1. The van der Waals surface area contributed by atoms with Gasteiger partial charge < -0.3 is 10.8 Å². The molecular weight excluding hydrogens is 321 g/mol. The van der Waals surface area contributed by atoms with E-state index in [1.54, 1.807) is 0 Å². The number of halogens is 3. The van der Waals surface area contributed by atoms with Gasteiger partial charge in [-0.1, -0.05) is 31.9 Å². The van der Waals surface area contributed by atoms with E-state index in [0.29, 0.717) is 0 Å². The molecule has 0 aliphatic carbocycles. The smallest absolute Gasteiger partial charge is 0.0624 e. The summed E-state index contributed by atoms with van der Waals surface area (Å²) in [7, 11) is 0. The monoisotopic (exact) mass is 329 g/mol. The van der Waals surface area contributed by atoms with Crippen molar-refractivity contribution in [2.24, 2.45) is 5.73 Å². The average molecular weight is 331 g/mol. The molecule has 2 nitrogen and oxygen atoms in total. The summed E-state index contributed by atoms with van der Waals surface area (Å²) in [6, 6.07) is 5.41. The van der Waals surface area contributed by atoms with Crippen molar-refractivity contribution in [3.63, 3.8) is 0 Å². The predicted molar refractivity (Wildman–Crippen MR) is 63.1 cm³/mol. The fourth-order valence-electron chi connectivity index (χ4n) is 0.895. The first-order chi connectivity index (χ1) is 5.63. The van der Waals surface area contributed by atoms with Crippen LogP contribution in [0, 0.1) is 0 Å². The van der Waals surface area contributed by atoms with Gasteiger partial charge in [0, 0.05) is 8.95 Å². The van der Waals surface area contributed by atoms with Gasteiger partial charge in [-0.3, -0.25) is 0 Å². The lowest BCUT2D eigenvalue weighted by atomic mass is 10.1. The molecule has 0 saturated heterocycles. The number of hydrogen-bond donors (Lipinski definition) is 2. The van der Waals surface area contributed by atoms with Crippen LogP contribution in [0.1, 0.15) is 11.6 Å². The zero-order valence-corrected chi connectivity index (χ0v) is 10.7. The normalized spacial score (nSPS) is 12.0. The van der Waals surface area contributed by atoms with Gasteiger partial charge in [0.25, 0.3) is 0 Å². The average Bonchev–Trinajstić information content (AvgIpc) is 2.01. The molecule has 1 atom stereocenters. The van der Waals surface area contributed by atoms with Gasteiger partial charge in [-0.2, -0.15) is 0 Å². The van der Waals surface area contributed by atoms with E-state index in [4.69, 9.17) is 10.8 Å². The van der Waals surface area contributed by atoms with E-state index in [9.17, 15) is 0 Å². The summed E-state index contributed by atoms with van der Waals surface area (Å²) in [4.78, 5) is 0. The van der Waals surface area contributed by atoms with Gasteiger partial charge in [0.2, 0.25) is 0 Å². The summed E-state index contributed by atoms with van der Waals surface area (Å²) < 4.78 is 1.91. The van der Waals surface area contributed by atoms with Crippen molar-refractivity contribution in [1.82, 2.24) is 0 Å². The molecule has 3 N–H and O–H groups in total. The van der Waals surface area contributed by atoms with Crippen molar-refractivity contribution in [1.29, 1.82) is 0 Å². The van der Waals surface area contributed by atoms with Gasteiger partial charge in [0.1, 0.15) is 0 Å². The van der Waals surface area contributed by atoms with Crippen molar-refractivity contribution in [2.45, 2.75) is 6.04 Å². The van der Waals surface area contributed by atoms with Crippen LogP contribution in [0.3, 0.4) is 0 Å². The molecule has 0 aromatic heterocycles. The summed E-state index contributed by atoms with van der Waals surface area (Å²) in [5.74, 6) is 0. The van der Waals surface area contributed by atoms with E-state index in [1.807, 2.05) is 18.2 Å². The number of hydrogen-bond acceptors (Lipinski definition) is 2. The molecule has 0 heterocycles. The van der Waals surface area contributed by atoms with Crippen LogP contribution in [0.4, 0.5) is 0 Å². The zero-order chi connectivity index (χ0) is 9.14. The van der Waals surface area contributed by atoms with Crippen LogP contribution in [0.25, 0.3) is 0 Å². The lowest BCUT2D eigenvalue weighted by molar-refractivity contribution is 0.268. The summed E-state index contributed by atoms with van der Waals surface area (Å²) >= 11 is 6.69. The van der Waals surface area contributed by atoms with Gasteiger partial charge in [-0.25, -0.2) is 0 Å². The molecule has 0 amide bonds. The Morgan fingerprint density at radius 2 is 1.69 bits per heavy atom. The second-order valence-corrected chi connectivity index (χ2v) is 4.32. The minimum Gasteiger partial charge on any atom is -0.394 e. The Hall–Kier alpha value is 0.390. The third-order valence-electron chi connectivity index (χ3n) is 1.51. The molecule has 0 saturated carbocycles. The van der Waals surface area contributed by atoms with Crippen molar-refractivity contribution in [3.05, 3.63) is 32.7 Å². The highest BCUT2D eigenvalue weighted by molar-refractivity contribution is 9.11. The Bertz CT molecular complexity index is 263. The molecule has 0 bridgehead atoms. The lowest BCUT2D eigenvalue weighted by Gasteiger charge is -2.09. The molecule has 0 spiro atoms. The van der Waals surface area contributed by atoms with E-state index in [2.05, 4.69) is 31.9 Å². The number of aliphatic hydroxyl groups excluding tert-OH is 1. The maximum absolute atomic E-state index is 8.81. The van der Waals surface area contributed by atoms with E-state index < -0.39 is 0 Å². The molecule has 5 heteroatoms. The standard InChI is InChI=1S/C8H9Br2NO.ClH/c9-6-1-5(8(11)4-12)2-7(10)3-6;/h1-3,8,12H,4,11H2;1H. The molecule has 74 valence electrons. The van der Waals surface area contributed by atoms with Crippen molar-refractivity contribution < 1.29 is 5.11 Å². The summed E-state index contributed by atoms with van der Waals surface area (Å²) in [6.45, 7) is -0.0388. The Balaban J connectivity index is 0.00000144. The van der Waals surface area contributed by atoms with Gasteiger partial charge in [0.15, 0.2) is 0 Å². The minimum absolute atomic E-state index is 0. The highest BCUT2D eigenvalue weighted by Gasteiger charge is 2.05. The summed E-state index contributed by atoms with van der Waals surface area (Å²) in [5, 5.41) is 8.81. The predicted octanol–water partition coefficient (Wildman–Crippen LogP) is 2.63. The second kappa shape index (κ2) is 5.98. The number of rotatable bonds is 2.